The number of nitrogens with zero attached hydrogens (tertiary/aromatic N) is 1. The molecule has 0 saturated carbocycles. The number of amides is 4. The van der Waals surface area contributed by atoms with Gasteiger partial charge in [-0.05, 0) is 23.8 Å². The summed E-state index contributed by atoms with van der Waals surface area (Å²) in [6.45, 7) is -0.498. The third-order valence-corrected chi connectivity index (χ3v) is 5.70. The van der Waals surface area contributed by atoms with Gasteiger partial charge in [-0.1, -0.05) is 40.2 Å². The second-order valence-electron chi connectivity index (χ2n) is 7.09. The summed E-state index contributed by atoms with van der Waals surface area (Å²) in [7, 11) is 2.06. The van der Waals surface area contributed by atoms with Gasteiger partial charge in [-0.2, -0.15) is 0 Å². The highest BCUT2D eigenvalue weighted by Crippen LogP contribution is 2.40. The first-order chi connectivity index (χ1) is 15.6. The third kappa shape index (κ3) is 4.36. The van der Waals surface area contributed by atoms with E-state index in [0.29, 0.717) is 9.37 Å². The number of alkyl carbamates (subject to hydrolysis) is 1. The topological polar surface area (TPSA) is 119 Å². The van der Waals surface area contributed by atoms with Crippen molar-refractivity contribution in [1.29, 1.82) is 0 Å². The van der Waals surface area contributed by atoms with Crippen molar-refractivity contribution in [2.75, 3.05) is 14.2 Å². The van der Waals surface area contributed by atoms with Gasteiger partial charge in [0, 0.05) is 15.6 Å². The highest BCUT2D eigenvalue weighted by Gasteiger charge is 2.58. The molecule has 1 unspecified atom stereocenters. The van der Waals surface area contributed by atoms with E-state index < -0.39 is 54.0 Å². The Labute approximate surface area is 196 Å². The van der Waals surface area contributed by atoms with E-state index in [1.54, 1.807) is 0 Å². The lowest BCUT2D eigenvalue weighted by Gasteiger charge is -2.39. The highest BCUT2D eigenvalue weighted by molar-refractivity contribution is 9.10. The average Bonchev–Trinajstić information content (AvgIpc) is 2.80. The molecule has 0 spiro atoms. The number of ether oxygens (including phenoxy) is 2. The Morgan fingerprint density at radius 3 is 2.42 bits per heavy atom. The first-order valence-electron chi connectivity index (χ1n) is 9.51. The smallest absolute Gasteiger partial charge is 0.413 e. The van der Waals surface area contributed by atoms with E-state index in [1.807, 2.05) is 5.32 Å². The van der Waals surface area contributed by atoms with Crippen molar-refractivity contribution < 1.29 is 37.8 Å². The molecule has 1 heterocycles. The zero-order valence-corrected chi connectivity index (χ0v) is 19.1. The molecule has 2 aromatic rings. The van der Waals surface area contributed by atoms with Crippen LogP contribution < -0.4 is 5.32 Å². The van der Waals surface area contributed by atoms with Crippen LogP contribution in [0.1, 0.15) is 27.9 Å². The summed E-state index contributed by atoms with van der Waals surface area (Å²) in [4.78, 5) is 64.6. The minimum atomic E-state index is -2.29. The maximum Gasteiger partial charge on any atom is 0.413 e. The lowest BCUT2D eigenvalue weighted by molar-refractivity contribution is -0.158. The number of fused-ring (bicyclic) bond motifs is 1. The summed E-state index contributed by atoms with van der Waals surface area (Å²) in [6, 6.07) is 9.81. The van der Waals surface area contributed by atoms with Crippen LogP contribution in [0.25, 0.3) is 0 Å². The largest absolute Gasteiger partial charge is 0.468 e. The van der Waals surface area contributed by atoms with Crippen LogP contribution >= 0.6 is 15.9 Å². The molecule has 33 heavy (non-hydrogen) atoms. The number of benzene rings is 2. The van der Waals surface area contributed by atoms with Crippen molar-refractivity contribution in [1.82, 2.24) is 10.2 Å². The fraction of sp³-hybridized carbons (Fsp3) is 0.227. The van der Waals surface area contributed by atoms with Crippen LogP contribution in [-0.2, 0) is 35.8 Å². The van der Waals surface area contributed by atoms with Crippen LogP contribution in [0.2, 0.25) is 0 Å². The van der Waals surface area contributed by atoms with Crippen LogP contribution in [0.5, 0.6) is 0 Å². The van der Waals surface area contributed by atoms with Crippen LogP contribution in [0.3, 0.4) is 0 Å². The number of carbonyl (C=O) groups is 5. The number of esters is 1. The van der Waals surface area contributed by atoms with Crippen molar-refractivity contribution >= 4 is 45.7 Å². The first kappa shape index (κ1) is 24.1. The van der Waals surface area contributed by atoms with Crippen LogP contribution in [0.15, 0.2) is 46.9 Å². The molecule has 1 aliphatic rings. The minimum Gasteiger partial charge on any atom is -0.468 e. The fourth-order valence-electron chi connectivity index (χ4n) is 3.65. The number of hydrogen-bond acceptors (Lipinski definition) is 7. The summed E-state index contributed by atoms with van der Waals surface area (Å²) in [5.74, 6) is -4.67. The molecule has 11 heteroatoms. The summed E-state index contributed by atoms with van der Waals surface area (Å²) >= 11 is 3.13. The fourth-order valence-corrected chi connectivity index (χ4v) is 3.99. The van der Waals surface area contributed by atoms with E-state index >= 15 is 0 Å². The molecule has 0 aliphatic carbocycles. The molecular formula is C22H18BrFN2O7. The van der Waals surface area contributed by atoms with Crippen molar-refractivity contribution in [2.24, 2.45) is 0 Å². The van der Waals surface area contributed by atoms with Crippen LogP contribution in [0.4, 0.5) is 9.18 Å². The number of halogens is 2. The molecule has 9 nitrogen and oxygen atoms in total. The second-order valence-corrected chi connectivity index (χ2v) is 8.01. The number of methoxy groups -OCH3 is 2. The summed E-state index contributed by atoms with van der Waals surface area (Å²) in [5.41, 5.74) is -2.37. The number of hydrogen-bond donors (Lipinski definition) is 1. The van der Waals surface area contributed by atoms with Gasteiger partial charge >= 0.3 is 12.1 Å². The third-order valence-electron chi connectivity index (χ3n) is 5.20. The Kier molecular flexibility index (Phi) is 6.92. The zero-order chi connectivity index (χ0) is 24.3. The van der Waals surface area contributed by atoms with Gasteiger partial charge in [-0.3, -0.25) is 29.4 Å². The summed E-state index contributed by atoms with van der Waals surface area (Å²) < 4.78 is 24.2. The molecule has 1 N–H and O–H groups in total. The van der Waals surface area contributed by atoms with Crippen molar-refractivity contribution in [3.8, 4) is 0 Å². The number of rotatable bonds is 5. The van der Waals surface area contributed by atoms with E-state index in [4.69, 9.17) is 4.74 Å². The van der Waals surface area contributed by atoms with E-state index in [0.717, 1.165) is 14.2 Å². The second kappa shape index (κ2) is 9.49. The van der Waals surface area contributed by atoms with Gasteiger partial charge in [0.2, 0.25) is 5.91 Å². The molecule has 1 atom stereocenters. The number of nitrogens with one attached hydrogen (secondary N) is 1. The monoisotopic (exact) mass is 520 g/mol. The van der Waals surface area contributed by atoms with E-state index in [2.05, 4.69) is 20.7 Å². The predicted octanol–water partition coefficient (Wildman–Crippen LogP) is 2.45. The lowest BCUT2D eigenvalue weighted by atomic mass is 9.71. The van der Waals surface area contributed by atoms with Crippen molar-refractivity contribution in [2.45, 2.75) is 18.4 Å². The Balaban J connectivity index is 2.15. The molecular weight excluding hydrogens is 503 g/mol. The minimum absolute atomic E-state index is 0.0112. The highest BCUT2D eigenvalue weighted by atomic mass is 79.9. The van der Waals surface area contributed by atoms with Gasteiger partial charge in [-0.25, -0.2) is 9.18 Å². The normalized spacial score (nSPS) is 17.3. The Hall–Kier alpha value is -3.60. The van der Waals surface area contributed by atoms with Crippen molar-refractivity contribution in [3.63, 3.8) is 0 Å². The maximum absolute atomic E-state index is 14.5. The number of imide groups is 2. The molecule has 0 radical (unpaired) electrons. The SMILES string of the molecule is COC(=O)NC(=O)CC1(C(=O)OC)C(=O)N(Cc2ccc(Br)cc2F)C(=O)c2ccccc21. The van der Waals surface area contributed by atoms with E-state index in [1.165, 1.54) is 42.5 Å². The Bertz CT molecular complexity index is 1170. The van der Waals surface area contributed by atoms with E-state index in [9.17, 15) is 28.4 Å². The molecule has 2 aromatic carbocycles. The molecule has 0 aromatic heterocycles. The molecule has 0 saturated heterocycles. The van der Waals surface area contributed by atoms with Crippen molar-refractivity contribution in [3.05, 3.63) is 69.4 Å². The Morgan fingerprint density at radius 1 is 1.09 bits per heavy atom. The van der Waals surface area contributed by atoms with Gasteiger partial charge < -0.3 is 9.47 Å². The molecule has 172 valence electrons. The number of carbonyl (C=O) groups excluding carboxylic acids is 5. The zero-order valence-electron chi connectivity index (χ0n) is 17.5. The van der Waals surface area contributed by atoms with E-state index in [-0.39, 0.29) is 16.7 Å². The molecule has 3 rings (SSSR count). The standard InChI is InChI=1S/C22H18BrFN2O7/c1-32-20(30)22(10-17(27)25-21(31)33-2)15-6-4-3-5-14(15)18(28)26(19(22)29)11-12-7-8-13(23)9-16(12)24/h3-9H,10-11H2,1-2H3,(H,25,27,31). The molecule has 0 bridgehead atoms. The average molecular weight is 521 g/mol. The Morgan fingerprint density at radius 2 is 1.79 bits per heavy atom. The molecule has 4 amide bonds. The molecule has 0 fully saturated rings. The first-order valence-corrected chi connectivity index (χ1v) is 10.3. The van der Waals surface area contributed by atoms with Gasteiger partial charge in [0.25, 0.3) is 11.8 Å². The van der Waals surface area contributed by atoms with Crippen LogP contribution in [0, 0.1) is 5.82 Å². The summed E-state index contributed by atoms with van der Waals surface area (Å²) in [5, 5.41) is 1.89. The van der Waals surface area contributed by atoms with Gasteiger partial charge in [0.05, 0.1) is 27.2 Å². The van der Waals surface area contributed by atoms with Crippen LogP contribution in [-0.4, -0.2) is 48.9 Å². The van der Waals surface area contributed by atoms with Gasteiger partial charge in [0.1, 0.15) is 5.82 Å². The van der Waals surface area contributed by atoms with Gasteiger partial charge in [0.15, 0.2) is 5.41 Å². The lowest BCUT2D eigenvalue weighted by Crippen LogP contribution is -2.59. The quantitative estimate of drug-likeness (QED) is 0.365. The molecule has 1 aliphatic heterocycles. The predicted molar refractivity (Wildman–Crippen MR) is 114 cm³/mol. The summed E-state index contributed by atoms with van der Waals surface area (Å²) in [6.07, 6.45) is -1.95. The maximum atomic E-state index is 14.5. The van der Waals surface area contributed by atoms with Gasteiger partial charge in [-0.15, -0.1) is 0 Å².